The topological polar surface area (TPSA) is 85.2 Å². The Hall–Kier alpha value is -3.88. The van der Waals surface area contributed by atoms with Gasteiger partial charge in [0.25, 0.3) is 10.0 Å². The van der Waals surface area contributed by atoms with Crippen LogP contribution in [-0.4, -0.2) is 43.6 Å². The number of unbranched alkanes of at least 4 members (excludes halogenated alkanes) is 1. The van der Waals surface area contributed by atoms with Gasteiger partial charge in [0, 0.05) is 41.4 Å². The van der Waals surface area contributed by atoms with Gasteiger partial charge in [0.2, 0.25) is 0 Å². The number of rotatable bonds is 12. The zero-order valence-corrected chi connectivity index (χ0v) is 24.0. The lowest BCUT2D eigenvalue weighted by atomic mass is 9.92. The number of ether oxygens (including phenoxy) is 1. The Morgan fingerprint density at radius 3 is 2.51 bits per heavy atom. The van der Waals surface area contributed by atoms with Crippen molar-refractivity contribution < 1.29 is 13.2 Å². The van der Waals surface area contributed by atoms with Crippen molar-refractivity contribution in [3.63, 3.8) is 0 Å². The average Bonchev–Trinajstić information content (AvgIpc) is 3.46. The number of hydrogen-bond acceptors (Lipinski definition) is 6. The standard InChI is InChI=1S/C33H36N4O3S/c38-41(39,25-11-2-1-3-12-25)37-23-19-28-31(37)17-10-18-32(28)40-24-22-34-20-8-9-21-35-33-26-13-4-6-15-29(26)36-30-16-7-5-14-27(30)33/h1-4,6,10-13,15,17-19,23,34H,5,7-9,14,16,20-22,24H2,(H,35,36). The van der Waals surface area contributed by atoms with Crippen molar-refractivity contribution in [1.29, 1.82) is 0 Å². The molecule has 6 rings (SSSR count). The summed E-state index contributed by atoms with van der Waals surface area (Å²) in [6.07, 6.45) is 8.38. The molecule has 0 radical (unpaired) electrons. The zero-order valence-electron chi connectivity index (χ0n) is 23.2. The molecule has 1 aliphatic rings. The summed E-state index contributed by atoms with van der Waals surface area (Å²) >= 11 is 0. The fourth-order valence-electron chi connectivity index (χ4n) is 5.68. The minimum absolute atomic E-state index is 0.261. The second kappa shape index (κ2) is 12.3. The van der Waals surface area contributed by atoms with E-state index in [2.05, 4.69) is 34.9 Å². The molecule has 0 atom stereocenters. The summed E-state index contributed by atoms with van der Waals surface area (Å²) in [5, 5.41) is 9.22. The molecule has 7 nitrogen and oxygen atoms in total. The third-order valence-electron chi connectivity index (χ3n) is 7.74. The van der Waals surface area contributed by atoms with Gasteiger partial charge in [-0.1, -0.05) is 42.5 Å². The van der Waals surface area contributed by atoms with Crippen LogP contribution in [0.4, 0.5) is 5.69 Å². The molecule has 0 amide bonds. The maximum absolute atomic E-state index is 13.1. The van der Waals surface area contributed by atoms with Crippen molar-refractivity contribution in [2.75, 3.05) is 31.6 Å². The highest BCUT2D eigenvalue weighted by atomic mass is 32.2. The largest absolute Gasteiger partial charge is 0.492 e. The molecule has 0 aliphatic heterocycles. The second-order valence-electron chi connectivity index (χ2n) is 10.5. The molecular formula is C33H36N4O3S. The number of anilines is 1. The third-order valence-corrected chi connectivity index (χ3v) is 9.45. The summed E-state index contributed by atoms with van der Waals surface area (Å²) in [6.45, 7) is 3.07. The number of benzene rings is 3. The van der Waals surface area contributed by atoms with Crippen molar-refractivity contribution in [1.82, 2.24) is 14.3 Å². The van der Waals surface area contributed by atoms with Crippen molar-refractivity contribution in [3.05, 3.63) is 96.3 Å². The summed E-state index contributed by atoms with van der Waals surface area (Å²) in [7, 11) is -3.67. The zero-order chi connectivity index (χ0) is 28.1. The number of aromatic nitrogens is 2. The van der Waals surface area contributed by atoms with Gasteiger partial charge in [0.1, 0.15) is 12.4 Å². The lowest BCUT2D eigenvalue weighted by molar-refractivity contribution is 0.317. The number of hydrogen-bond donors (Lipinski definition) is 2. The molecular weight excluding hydrogens is 532 g/mol. The lowest BCUT2D eigenvalue weighted by Crippen LogP contribution is -2.22. The fourth-order valence-corrected chi connectivity index (χ4v) is 7.04. The van der Waals surface area contributed by atoms with Crippen molar-refractivity contribution in [2.24, 2.45) is 0 Å². The average molecular weight is 569 g/mol. The highest BCUT2D eigenvalue weighted by Gasteiger charge is 2.20. The Bertz CT molecular complexity index is 1750. The van der Waals surface area contributed by atoms with E-state index in [-0.39, 0.29) is 4.90 Å². The molecule has 2 heterocycles. The molecule has 212 valence electrons. The minimum Gasteiger partial charge on any atom is -0.492 e. The van der Waals surface area contributed by atoms with Crippen LogP contribution in [0.3, 0.4) is 0 Å². The summed E-state index contributed by atoms with van der Waals surface area (Å²) in [6, 6.07) is 24.3. The Morgan fingerprint density at radius 2 is 1.61 bits per heavy atom. The fraction of sp³-hybridized carbons (Fsp3) is 0.303. The van der Waals surface area contributed by atoms with Crippen LogP contribution in [0.1, 0.15) is 36.9 Å². The first-order valence-electron chi connectivity index (χ1n) is 14.5. The maximum atomic E-state index is 13.1. The number of nitrogens with one attached hydrogen (secondary N) is 2. The van der Waals surface area contributed by atoms with Gasteiger partial charge >= 0.3 is 0 Å². The maximum Gasteiger partial charge on any atom is 0.268 e. The number of para-hydroxylation sites is 1. The number of aryl methyl sites for hydroxylation is 1. The molecule has 3 aromatic carbocycles. The van der Waals surface area contributed by atoms with E-state index >= 15 is 0 Å². The Morgan fingerprint density at radius 1 is 0.805 bits per heavy atom. The minimum atomic E-state index is -3.67. The Kier molecular flexibility index (Phi) is 8.21. The van der Waals surface area contributed by atoms with Crippen LogP contribution >= 0.6 is 0 Å². The summed E-state index contributed by atoms with van der Waals surface area (Å²) in [5.74, 6) is 0.684. The summed E-state index contributed by atoms with van der Waals surface area (Å²) in [5.41, 5.74) is 5.65. The first-order chi connectivity index (χ1) is 20.1. The predicted molar refractivity (Wildman–Crippen MR) is 165 cm³/mol. The SMILES string of the molecule is O=S(=O)(c1ccccc1)n1ccc2c(OCCNCCCCNc3c4c(nc5ccccc35)CCCC4)cccc21. The second-order valence-corrected chi connectivity index (χ2v) is 12.3. The number of nitrogens with zero attached hydrogens (tertiary/aromatic N) is 2. The molecule has 1 aliphatic carbocycles. The first kappa shape index (κ1) is 27.3. The van der Waals surface area contributed by atoms with E-state index in [1.54, 1.807) is 48.7 Å². The van der Waals surface area contributed by atoms with E-state index < -0.39 is 10.0 Å². The quantitative estimate of drug-likeness (QED) is 0.175. The smallest absolute Gasteiger partial charge is 0.268 e. The van der Waals surface area contributed by atoms with Crippen LogP contribution in [0.25, 0.3) is 21.8 Å². The van der Waals surface area contributed by atoms with Crippen molar-refractivity contribution in [3.8, 4) is 5.75 Å². The van der Waals surface area contributed by atoms with Gasteiger partial charge in [-0.05, 0) is 87.0 Å². The monoisotopic (exact) mass is 568 g/mol. The van der Waals surface area contributed by atoms with Gasteiger partial charge in [0.05, 0.1) is 15.9 Å². The normalized spacial score (nSPS) is 13.4. The molecule has 0 bridgehead atoms. The van der Waals surface area contributed by atoms with Crippen LogP contribution in [0.5, 0.6) is 5.75 Å². The molecule has 0 unspecified atom stereocenters. The molecule has 2 aromatic heterocycles. The molecule has 5 aromatic rings. The van der Waals surface area contributed by atoms with E-state index in [1.807, 2.05) is 12.1 Å². The van der Waals surface area contributed by atoms with Crippen LogP contribution < -0.4 is 15.4 Å². The molecule has 8 heteroatoms. The Labute approximate surface area is 241 Å². The highest BCUT2D eigenvalue weighted by molar-refractivity contribution is 7.90. The molecule has 0 saturated carbocycles. The number of fused-ring (bicyclic) bond motifs is 3. The summed E-state index contributed by atoms with van der Waals surface area (Å²) < 4.78 is 33.6. The molecule has 2 N–H and O–H groups in total. The Balaban J connectivity index is 0.974. The van der Waals surface area contributed by atoms with Gasteiger partial charge < -0.3 is 15.4 Å². The molecule has 0 fully saturated rings. The molecule has 0 saturated heterocycles. The van der Waals surface area contributed by atoms with Gasteiger partial charge in [-0.25, -0.2) is 12.4 Å². The van der Waals surface area contributed by atoms with E-state index in [0.717, 1.165) is 56.2 Å². The lowest BCUT2D eigenvalue weighted by Gasteiger charge is -2.21. The number of pyridine rings is 1. The van der Waals surface area contributed by atoms with E-state index in [1.165, 1.54) is 39.1 Å². The predicted octanol–water partition coefficient (Wildman–Crippen LogP) is 6.17. The molecule has 0 spiro atoms. The highest BCUT2D eigenvalue weighted by Crippen LogP contribution is 2.33. The van der Waals surface area contributed by atoms with Crippen LogP contribution in [-0.2, 0) is 22.9 Å². The van der Waals surface area contributed by atoms with Gasteiger partial charge in [-0.15, -0.1) is 0 Å². The van der Waals surface area contributed by atoms with Gasteiger partial charge in [0.15, 0.2) is 0 Å². The van der Waals surface area contributed by atoms with E-state index in [0.29, 0.717) is 17.9 Å². The van der Waals surface area contributed by atoms with Crippen molar-refractivity contribution >= 4 is 37.5 Å². The third kappa shape index (κ3) is 5.80. The van der Waals surface area contributed by atoms with E-state index in [4.69, 9.17) is 9.72 Å². The van der Waals surface area contributed by atoms with E-state index in [9.17, 15) is 8.42 Å². The van der Waals surface area contributed by atoms with Crippen LogP contribution in [0, 0.1) is 0 Å². The van der Waals surface area contributed by atoms with Crippen molar-refractivity contribution in [2.45, 2.75) is 43.4 Å². The molecule has 41 heavy (non-hydrogen) atoms. The van der Waals surface area contributed by atoms with Crippen LogP contribution in [0.15, 0.2) is 90.0 Å². The van der Waals surface area contributed by atoms with Crippen LogP contribution in [0.2, 0.25) is 0 Å². The van der Waals surface area contributed by atoms with Gasteiger partial charge in [-0.3, -0.25) is 4.98 Å². The summed E-state index contributed by atoms with van der Waals surface area (Å²) in [4.78, 5) is 5.20. The first-order valence-corrected chi connectivity index (χ1v) is 16.0. The van der Waals surface area contributed by atoms with Gasteiger partial charge in [-0.2, -0.15) is 0 Å².